The van der Waals surface area contributed by atoms with Gasteiger partial charge in [0.1, 0.15) is 10.5 Å². The molecule has 1 rings (SSSR count). The molecule has 0 aromatic rings. The van der Waals surface area contributed by atoms with Gasteiger partial charge >= 0.3 is 0 Å². The van der Waals surface area contributed by atoms with Gasteiger partial charge in [-0.05, 0) is 27.2 Å². The molecule has 2 atom stereocenters. The SMILES string of the molecule is CC1C(C)(C)C(C)(C)C(C)(C)C1(C)[SiH2]O[SiH3]. The summed E-state index contributed by atoms with van der Waals surface area (Å²) in [5.74, 6) is 0.741. The van der Waals surface area contributed by atoms with Crippen LogP contribution in [0.2, 0.25) is 5.04 Å². The van der Waals surface area contributed by atoms with Crippen LogP contribution in [0.3, 0.4) is 0 Å². The summed E-state index contributed by atoms with van der Waals surface area (Å²) < 4.78 is 5.80. The van der Waals surface area contributed by atoms with Crippen LogP contribution in [0.1, 0.15) is 55.4 Å². The summed E-state index contributed by atoms with van der Waals surface area (Å²) in [6.07, 6.45) is 0. The fraction of sp³-hybridized carbons (Fsp3) is 1.00. The molecule has 3 heteroatoms. The normalized spacial score (nSPS) is 40.9. The lowest BCUT2D eigenvalue weighted by atomic mass is 9.59. The Morgan fingerprint density at radius 2 is 1.38 bits per heavy atom. The standard InChI is InChI=1S/C13H30OSi2/c1-9-10(2,3)11(4,5)12(6,7)13(9,8)16-14-15/h9H,16H2,1-8,15H3. The molecule has 1 aliphatic carbocycles. The van der Waals surface area contributed by atoms with Crippen LogP contribution >= 0.6 is 0 Å². The van der Waals surface area contributed by atoms with Crippen molar-refractivity contribution >= 4 is 20.2 Å². The van der Waals surface area contributed by atoms with Crippen LogP contribution in [0, 0.1) is 22.2 Å². The van der Waals surface area contributed by atoms with Crippen LogP contribution in [-0.4, -0.2) is 20.2 Å². The second kappa shape index (κ2) is 3.69. The molecule has 0 aromatic carbocycles. The lowest BCUT2D eigenvalue weighted by Crippen LogP contribution is -2.41. The van der Waals surface area contributed by atoms with Gasteiger partial charge in [-0.25, -0.2) is 0 Å². The van der Waals surface area contributed by atoms with E-state index in [1.54, 1.807) is 0 Å². The first-order valence-electron chi connectivity index (χ1n) is 6.46. The van der Waals surface area contributed by atoms with Crippen LogP contribution in [0.4, 0.5) is 0 Å². The van der Waals surface area contributed by atoms with Crippen LogP contribution < -0.4 is 0 Å². The fourth-order valence-electron chi connectivity index (χ4n) is 4.00. The molecule has 0 bridgehead atoms. The Morgan fingerprint density at radius 1 is 0.938 bits per heavy atom. The summed E-state index contributed by atoms with van der Waals surface area (Å²) in [5.41, 5.74) is 1.11. The number of hydrogen-bond acceptors (Lipinski definition) is 1. The lowest BCUT2D eigenvalue weighted by molar-refractivity contribution is 0.0348. The number of hydrogen-bond donors (Lipinski definition) is 0. The second-order valence-electron chi connectivity index (χ2n) is 7.54. The van der Waals surface area contributed by atoms with Crippen LogP contribution in [0.15, 0.2) is 0 Å². The Balaban J connectivity index is 3.35. The van der Waals surface area contributed by atoms with Crippen LogP contribution in [0.25, 0.3) is 0 Å². The molecule has 1 nitrogen and oxygen atoms in total. The van der Waals surface area contributed by atoms with Gasteiger partial charge in [0.25, 0.3) is 0 Å². The van der Waals surface area contributed by atoms with Crippen molar-refractivity contribution in [2.75, 3.05) is 0 Å². The van der Waals surface area contributed by atoms with Crippen molar-refractivity contribution in [3.8, 4) is 0 Å². The van der Waals surface area contributed by atoms with Crippen molar-refractivity contribution in [3.05, 3.63) is 0 Å². The summed E-state index contributed by atoms with van der Waals surface area (Å²) in [7, 11) is 0.482. The minimum atomic E-state index is -0.426. The zero-order valence-electron chi connectivity index (χ0n) is 12.7. The summed E-state index contributed by atoms with van der Waals surface area (Å²) >= 11 is 0. The maximum Gasteiger partial charge on any atom is 0.152 e. The number of rotatable bonds is 2. The molecule has 0 saturated heterocycles. The maximum atomic E-state index is 5.80. The summed E-state index contributed by atoms with van der Waals surface area (Å²) in [6.45, 7) is 19.7. The van der Waals surface area contributed by atoms with E-state index >= 15 is 0 Å². The smallest absolute Gasteiger partial charge is 0.152 e. The van der Waals surface area contributed by atoms with Crippen molar-refractivity contribution in [1.82, 2.24) is 0 Å². The fourth-order valence-corrected chi connectivity index (χ4v) is 7.97. The van der Waals surface area contributed by atoms with Gasteiger partial charge in [0.05, 0.1) is 0 Å². The highest BCUT2D eigenvalue weighted by Gasteiger charge is 2.68. The first kappa shape index (κ1) is 14.5. The highest BCUT2D eigenvalue weighted by atomic mass is 28.3. The monoisotopic (exact) mass is 258 g/mol. The third-order valence-electron chi connectivity index (χ3n) is 7.08. The average Bonchev–Trinajstić information content (AvgIpc) is 2.20. The predicted molar refractivity (Wildman–Crippen MR) is 78.4 cm³/mol. The zero-order valence-corrected chi connectivity index (χ0v) is 16.1. The van der Waals surface area contributed by atoms with E-state index in [2.05, 4.69) is 55.4 Å². The molecule has 0 amide bonds. The van der Waals surface area contributed by atoms with Gasteiger partial charge in [-0.3, -0.25) is 0 Å². The highest BCUT2D eigenvalue weighted by Crippen LogP contribution is 2.75. The van der Waals surface area contributed by atoms with Gasteiger partial charge in [-0.2, -0.15) is 0 Å². The van der Waals surface area contributed by atoms with Crippen molar-refractivity contribution in [3.63, 3.8) is 0 Å². The topological polar surface area (TPSA) is 9.23 Å². The van der Waals surface area contributed by atoms with Gasteiger partial charge in [-0.15, -0.1) is 0 Å². The lowest BCUT2D eigenvalue weighted by Gasteiger charge is -2.48. The second-order valence-corrected chi connectivity index (χ2v) is 11.6. The highest BCUT2D eigenvalue weighted by molar-refractivity contribution is 6.38. The van der Waals surface area contributed by atoms with E-state index in [0.29, 0.717) is 21.3 Å². The molecule has 1 saturated carbocycles. The third-order valence-corrected chi connectivity index (χ3v) is 10.3. The molecular weight excluding hydrogens is 228 g/mol. The Labute approximate surface area is 107 Å². The van der Waals surface area contributed by atoms with Crippen molar-refractivity contribution in [1.29, 1.82) is 0 Å². The van der Waals surface area contributed by atoms with E-state index in [1.165, 1.54) is 0 Å². The van der Waals surface area contributed by atoms with Crippen LogP contribution in [-0.2, 0) is 4.12 Å². The van der Waals surface area contributed by atoms with Gasteiger partial charge in [-0.1, -0.05) is 55.4 Å². The predicted octanol–water partition coefficient (Wildman–Crippen LogP) is 2.27. The molecule has 2 unspecified atom stereocenters. The van der Waals surface area contributed by atoms with Gasteiger partial charge < -0.3 is 4.12 Å². The molecule has 1 fully saturated rings. The van der Waals surface area contributed by atoms with Crippen molar-refractivity contribution < 1.29 is 4.12 Å². The Bertz CT molecular complexity index is 284. The first-order valence-corrected chi connectivity index (χ1v) is 8.56. The first-order chi connectivity index (χ1) is 6.97. The summed E-state index contributed by atoms with van der Waals surface area (Å²) in [5, 5.41) is 0.418. The van der Waals surface area contributed by atoms with E-state index in [4.69, 9.17) is 4.12 Å². The molecule has 0 heterocycles. The minimum Gasteiger partial charge on any atom is -0.468 e. The molecule has 1 aliphatic rings. The van der Waals surface area contributed by atoms with Crippen molar-refractivity contribution in [2.24, 2.45) is 22.2 Å². The average molecular weight is 259 g/mol. The molecule has 0 spiro atoms. The summed E-state index contributed by atoms with van der Waals surface area (Å²) in [6, 6.07) is 0. The van der Waals surface area contributed by atoms with Crippen molar-refractivity contribution in [2.45, 2.75) is 60.4 Å². The largest absolute Gasteiger partial charge is 0.468 e. The third kappa shape index (κ3) is 1.37. The molecule has 16 heavy (non-hydrogen) atoms. The zero-order chi connectivity index (χ0) is 13.0. The molecule has 96 valence electrons. The molecule has 0 radical (unpaired) electrons. The minimum absolute atomic E-state index is 0.361. The van der Waals surface area contributed by atoms with Gasteiger partial charge in [0.2, 0.25) is 0 Å². The Hall–Kier alpha value is 0.394. The summed E-state index contributed by atoms with van der Waals surface area (Å²) in [4.78, 5) is 0. The van der Waals surface area contributed by atoms with E-state index in [9.17, 15) is 0 Å². The quantitative estimate of drug-likeness (QED) is 0.691. The Kier molecular flexibility index (Phi) is 3.33. The van der Waals surface area contributed by atoms with Gasteiger partial charge in [0, 0.05) is 0 Å². The van der Waals surface area contributed by atoms with Gasteiger partial charge in [0.15, 0.2) is 9.76 Å². The molecule has 0 N–H and O–H groups in total. The molecule has 0 aromatic heterocycles. The molecular formula is C13H30OSi2. The van der Waals surface area contributed by atoms with E-state index < -0.39 is 9.76 Å². The van der Waals surface area contributed by atoms with E-state index in [0.717, 1.165) is 16.4 Å². The Morgan fingerprint density at radius 3 is 1.62 bits per heavy atom. The van der Waals surface area contributed by atoms with E-state index in [-0.39, 0.29) is 0 Å². The van der Waals surface area contributed by atoms with Crippen LogP contribution in [0.5, 0.6) is 0 Å². The van der Waals surface area contributed by atoms with E-state index in [1.807, 2.05) is 0 Å². The maximum absolute atomic E-state index is 5.80. The molecule has 0 aliphatic heterocycles.